The molecule has 3 N–H and O–H groups in total. The Morgan fingerprint density at radius 1 is 1.17 bits per heavy atom. The second kappa shape index (κ2) is 10.6. The highest BCUT2D eigenvalue weighted by molar-refractivity contribution is 7.89. The number of fused-ring (bicyclic) bond motifs is 1. The van der Waals surface area contributed by atoms with Gasteiger partial charge in [0, 0.05) is 29.6 Å². The number of rotatable bonds is 6. The van der Waals surface area contributed by atoms with Crippen LogP contribution in [-0.2, 0) is 27.7 Å². The Labute approximate surface area is 214 Å². The number of sulfonamides is 1. The quantitative estimate of drug-likeness (QED) is 0.584. The first-order valence-electron chi connectivity index (χ1n) is 11.9. The predicted molar refractivity (Wildman–Crippen MR) is 136 cm³/mol. The van der Waals surface area contributed by atoms with E-state index in [9.17, 15) is 22.8 Å². The monoisotopic (exact) mass is 534 g/mol. The van der Waals surface area contributed by atoms with Gasteiger partial charge in [0.15, 0.2) is 0 Å². The summed E-state index contributed by atoms with van der Waals surface area (Å²) in [4.78, 5) is 39.7. The lowest BCUT2D eigenvalue weighted by Crippen LogP contribution is -2.41. The van der Waals surface area contributed by atoms with Crippen molar-refractivity contribution in [1.82, 2.24) is 9.21 Å². The third-order valence-corrected chi connectivity index (χ3v) is 9.68. The van der Waals surface area contributed by atoms with Crippen molar-refractivity contribution >= 4 is 44.3 Å². The molecule has 3 heterocycles. The fraction of sp³-hybridized carbons (Fsp3) is 0.458. The van der Waals surface area contributed by atoms with Crippen molar-refractivity contribution in [2.45, 2.75) is 57.0 Å². The van der Waals surface area contributed by atoms with E-state index in [2.05, 4.69) is 5.32 Å². The van der Waals surface area contributed by atoms with Gasteiger partial charge >= 0.3 is 6.09 Å². The van der Waals surface area contributed by atoms with Gasteiger partial charge in [-0.1, -0.05) is 6.42 Å². The van der Waals surface area contributed by atoms with Crippen LogP contribution in [0.15, 0.2) is 29.2 Å². The average molecular weight is 535 g/mol. The zero-order chi connectivity index (χ0) is 26.0. The third kappa shape index (κ3) is 5.11. The van der Waals surface area contributed by atoms with Crippen molar-refractivity contribution in [1.29, 1.82) is 0 Å². The molecule has 0 bridgehead atoms. The highest BCUT2D eigenvalue weighted by Gasteiger charge is 2.32. The number of primary amides is 1. The average Bonchev–Trinajstić information content (AvgIpc) is 3.21. The second-order valence-corrected chi connectivity index (χ2v) is 11.9. The first-order chi connectivity index (χ1) is 17.1. The van der Waals surface area contributed by atoms with Crippen LogP contribution >= 0.6 is 11.3 Å². The molecule has 12 heteroatoms. The van der Waals surface area contributed by atoms with E-state index in [1.807, 2.05) is 6.92 Å². The largest absolute Gasteiger partial charge is 0.450 e. The first-order valence-corrected chi connectivity index (χ1v) is 14.2. The third-order valence-electron chi connectivity index (χ3n) is 6.52. The van der Waals surface area contributed by atoms with Gasteiger partial charge in [-0.3, -0.25) is 9.59 Å². The van der Waals surface area contributed by atoms with Crippen LogP contribution < -0.4 is 11.1 Å². The summed E-state index contributed by atoms with van der Waals surface area (Å²) in [6.45, 7) is 5.02. The highest BCUT2D eigenvalue weighted by atomic mass is 32.2. The lowest BCUT2D eigenvalue weighted by molar-refractivity contribution is 0.0997. The summed E-state index contributed by atoms with van der Waals surface area (Å²) in [5.74, 6) is -1.15. The van der Waals surface area contributed by atoms with Gasteiger partial charge < -0.3 is 20.7 Å². The fourth-order valence-corrected chi connectivity index (χ4v) is 7.60. The van der Waals surface area contributed by atoms with Gasteiger partial charge in [-0.25, -0.2) is 13.2 Å². The number of thiophene rings is 1. The highest BCUT2D eigenvalue weighted by Crippen LogP contribution is 2.37. The minimum absolute atomic E-state index is 0.0661. The molecular formula is C24H30N4O6S2. The van der Waals surface area contributed by atoms with Crippen molar-refractivity contribution in [2.24, 2.45) is 5.73 Å². The molecule has 4 rings (SSSR count). The lowest BCUT2D eigenvalue weighted by atomic mass is 10.0. The number of hydrogen-bond acceptors (Lipinski definition) is 7. The molecule has 1 saturated heterocycles. The van der Waals surface area contributed by atoms with Crippen LogP contribution in [0.5, 0.6) is 0 Å². The number of piperidine rings is 1. The van der Waals surface area contributed by atoms with Gasteiger partial charge in [0.25, 0.3) is 11.8 Å². The molecule has 194 valence electrons. The lowest BCUT2D eigenvalue weighted by Gasteiger charge is -2.32. The molecule has 0 spiro atoms. The smallest absolute Gasteiger partial charge is 0.410 e. The van der Waals surface area contributed by atoms with Gasteiger partial charge in [-0.05, 0) is 62.9 Å². The Kier molecular flexibility index (Phi) is 7.67. The maximum Gasteiger partial charge on any atom is 0.410 e. The molecule has 0 aliphatic carbocycles. The van der Waals surface area contributed by atoms with E-state index in [0.29, 0.717) is 24.5 Å². The molecule has 2 aromatic rings. The first kappa shape index (κ1) is 26.1. The predicted octanol–water partition coefficient (Wildman–Crippen LogP) is 3.18. The number of carbonyl (C=O) groups is 3. The van der Waals surface area contributed by atoms with Crippen molar-refractivity contribution in [2.75, 3.05) is 25.0 Å². The summed E-state index contributed by atoms with van der Waals surface area (Å²) in [6.07, 6.45) is 2.64. The standard InChI is InChI=1S/C24H30N4O6S2/c1-3-34-24(31)27-13-11-18-19(14-27)35-23(20(18)21(25)29)26-22(30)16-7-9-17(10-8-16)36(32,33)28-12-5-4-6-15(28)2/h7-10,15H,3-6,11-14H2,1-2H3,(H2,25,29)(H,26,30)/t15-/m1/s1. The molecule has 2 aliphatic heterocycles. The van der Waals surface area contributed by atoms with E-state index in [1.54, 1.807) is 11.8 Å². The Hall–Kier alpha value is -2.96. The van der Waals surface area contributed by atoms with E-state index in [-0.39, 0.29) is 35.2 Å². The van der Waals surface area contributed by atoms with Gasteiger partial charge in [0.2, 0.25) is 10.0 Å². The summed E-state index contributed by atoms with van der Waals surface area (Å²) >= 11 is 1.19. The van der Waals surface area contributed by atoms with Gasteiger partial charge in [-0.15, -0.1) is 11.3 Å². The van der Waals surface area contributed by atoms with E-state index in [1.165, 1.54) is 39.9 Å². The topological polar surface area (TPSA) is 139 Å². The molecule has 0 unspecified atom stereocenters. The molecule has 0 radical (unpaired) electrons. The van der Waals surface area contributed by atoms with Crippen LogP contribution in [0.4, 0.5) is 9.80 Å². The molecule has 10 nitrogen and oxygen atoms in total. The number of benzene rings is 1. The molecule has 36 heavy (non-hydrogen) atoms. The Morgan fingerprint density at radius 3 is 2.53 bits per heavy atom. The van der Waals surface area contributed by atoms with Gasteiger partial charge in [0.1, 0.15) is 5.00 Å². The van der Waals surface area contributed by atoms with Crippen molar-refractivity contribution < 1.29 is 27.5 Å². The maximum atomic E-state index is 13.1. The van der Waals surface area contributed by atoms with Crippen LogP contribution in [0.25, 0.3) is 0 Å². The Bertz CT molecular complexity index is 1270. The van der Waals surface area contributed by atoms with E-state index < -0.39 is 27.9 Å². The molecule has 0 saturated carbocycles. The SMILES string of the molecule is CCOC(=O)N1CCc2c(sc(NC(=O)c3ccc(S(=O)(=O)N4CCCC[C@H]4C)cc3)c2C(N)=O)C1. The second-order valence-electron chi connectivity index (χ2n) is 8.88. The van der Waals surface area contributed by atoms with Crippen LogP contribution in [0.3, 0.4) is 0 Å². The van der Waals surface area contributed by atoms with E-state index in [0.717, 1.165) is 29.7 Å². The van der Waals surface area contributed by atoms with Crippen LogP contribution in [0.1, 0.15) is 64.3 Å². The molecular weight excluding hydrogens is 504 g/mol. The number of ether oxygens (including phenoxy) is 1. The molecule has 1 fully saturated rings. The van der Waals surface area contributed by atoms with Gasteiger partial charge in [0.05, 0.1) is 23.6 Å². The van der Waals surface area contributed by atoms with Crippen molar-refractivity contribution in [3.05, 3.63) is 45.8 Å². The van der Waals surface area contributed by atoms with E-state index >= 15 is 0 Å². The summed E-state index contributed by atoms with van der Waals surface area (Å²) < 4.78 is 32.7. The van der Waals surface area contributed by atoms with Crippen LogP contribution in [0, 0.1) is 0 Å². The number of nitrogens with one attached hydrogen (secondary N) is 1. The molecule has 1 aromatic heterocycles. The fourth-order valence-electron chi connectivity index (χ4n) is 4.64. The van der Waals surface area contributed by atoms with Crippen LogP contribution in [0.2, 0.25) is 0 Å². The summed E-state index contributed by atoms with van der Waals surface area (Å²) in [7, 11) is -3.65. The van der Waals surface area contributed by atoms with Gasteiger partial charge in [-0.2, -0.15) is 4.31 Å². The number of nitrogens with two attached hydrogens (primary N) is 1. The number of anilines is 1. The summed E-state index contributed by atoms with van der Waals surface area (Å²) in [5.41, 5.74) is 6.84. The normalized spacial score (nSPS) is 18.4. The van der Waals surface area contributed by atoms with E-state index in [4.69, 9.17) is 10.5 Å². The number of amides is 3. The summed E-state index contributed by atoms with van der Waals surface area (Å²) in [5, 5.41) is 3.05. The van der Waals surface area contributed by atoms with Crippen molar-refractivity contribution in [3.8, 4) is 0 Å². The zero-order valence-corrected chi connectivity index (χ0v) is 21.9. The maximum absolute atomic E-state index is 13.1. The Balaban J connectivity index is 1.53. The number of hydrogen-bond donors (Lipinski definition) is 2. The number of nitrogens with zero attached hydrogens (tertiary/aromatic N) is 2. The molecule has 3 amide bonds. The number of carbonyl (C=O) groups excluding carboxylic acids is 3. The van der Waals surface area contributed by atoms with Crippen LogP contribution in [-0.4, -0.2) is 61.3 Å². The molecule has 1 aromatic carbocycles. The zero-order valence-electron chi connectivity index (χ0n) is 20.3. The Morgan fingerprint density at radius 2 is 1.89 bits per heavy atom. The molecule has 2 aliphatic rings. The summed E-state index contributed by atoms with van der Waals surface area (Å²) in [6, 6.07) is 5.70. The minimum atomic E-state index is -3.65. The molecule has 1 atom stereocenters. The van der Waals surface area contributed by atoms with Crippen molar-refractivity contribution in [3.63, 3.8) is 0 Å². The minimum Gasteiger partial charge on any atom is -0.450 e.